The molecule has 0 saturated carbocycles. The van der Waals surface area contributed by atoms with Crippen LogP contribution in [0.5, 0.6) is 0 Å². The molecule has 0 unspecified atom stereocenters. The maximum atomic E-state index is 10.8. The highest BCUT2D eigenvalue weighted by atomic mass is 16.1. The van der Waals surface area contributed by atoms with E-state index in [4.69, 9.17) is 11.0 Å². The Balaban J connectivity index is 3.80. The molecule has 4 heteroatoms. The van der Waals surface area contributed by atoms with Crippen LogP contribution in [0.4, 0.5) is 0 Å². The second-order valence-corrected chi connectivity index (χ2v) is 4.21. The number of nitrogens with two attached hydrogens (primary N) is 1. The Morgan fingerprint density at radius 2 is 2.13 bits per heavy atom. The van der Waals surface area contributed by atoms with Gasteiger partial charge in [0.05, 0.1) is 12.6 Å². The molecule has 0 rings (SSSR count). The molecule has 1 amide bonds. The van der Waals surface area contributed by atoms with E-state index in [1.807, 2.05) is 0 Å². The van der Waals surface area contributed by atoms with Crippen LogP contribution in [0.2, 0.25) is 0 Å². The summed E-state index contributed by atoms with van der Waals surface area (Å²) >= 11 is 0. The summed E-state index contributed by atoms with van der Waals surface area (Å²) in [6.07, 6.45) is 2.43. The Labute approximate surface area is 92.0 Å². The lowest BCUT2D eigenvalue weighted by atomic mass is 10.2. The first kappa shape index (κ1) is 13.9. The van der Waals surface area contributed by atoms with Gasteiger partial charge in [0.15, 0.2) is 0 Å². The second kappa shape index (κ2) is 8.25. The van der Waals surface area contributed by atoms with Crippen molar-refractivity contribution in [1.29, 1.82) is 5.26 Å². The smallest absolute Gasteiger partial charge is 0.231 e. The Bertz CT molecular complexity index is 220. The molecule has 0 aromatic rings. The number of rotatable bonds is 8. The summed E-state index contributed by atoms with van der Waals surface area (Å²) < 4.78 is 0. The van der Waals surface area contributed by atoms with Crippen LogP contribution in [0.15, 0.2) is 0 Å². The van der Waals surface area contributed by atoms with Crippen molar-refractivity contribution in [3.8, 4) is 6.07 Å². The number of nitrogens with zero attached hydrogens (tertiary/aromatic N) is 2. The zero-order valence-corrected chi connectivity index (χ0v) is 9.70. The third kappa shape index (κ3) is 9.23. The van der Waals surface area contributed by atoms with Crippen molar-refractivity contribution >= 4 is 5.91 Å². The summed E-state index contributed by atoms with van der Waals surface area (Å²) in [6, 6.07) is 2.11. The predicted octanol–water partition coefficient (Wildman–Crippen LogP) is 1.12. The average molecular weight is 211 g/mol. The summed E-state index contributed by atoms with van der Waals surface area (Å²) in [5, 5.41) is 8.38. The third-order valence-corrected chi connectivity index (χ3v) is 2.02. The number of unbranched alkanes of at least 4 members (excludes halogenated alkanes) is 2. The van der Waals surface area contributed by atoms with Crippen LogP contribution < -0.4 is 5.73 Å². The highest BCUT2D eigenvalue weighted by molar-refractivity contribution is 5.75. The minimum atomic E-state index is -0.282. The van der Waals surface area contributed by atoms with E-state index in [1.165, 1.54) is 0 Å². The monoisotopic (exact) mass is 211 g/mol. The van der Waals surface area contributed by atoms with Crippen LogP contribution in [0, 0.1) is 17.2 Å². The van der Waals surface area contributed by atoms with Gasteiger partial charge in [0.2, 0.25) is 5.91 Å². The Morgan fingerprint density at radius 1 is 1.47 bits per heavy atom. The fourth-order valence-electron chi connectivity index (χ4n) is 1.51. The van der Waals surface area contributed by atoms with Gasteiger partial charge >= 0.3 is 0 Å². The Hall–Kier alpha value is -1.08. The maximum Gasteiger partial charge on any atom is 0.231 e. The predicted molar refractivity (Wildman–Crippen MR) is 59.9 cm³/mol. The minimum absolute atomic E-state index is 0.282. The second-order valence-electron chi connectivity index (χ2n) is 4.21. The molecule has 0 aliphatic heterocycles. The number of carbonyl (C=O) groups excluding carboxylic acids is 1. The molecule has 86 valence electrons. The molecule has 0 fully saturated rings. The van der Waals surface area contributed by atoms with E-state index < -0.39 is 0 Å². The molecule has 0 saturated heterocycles. The van der Waals surface area contributed by atoms with Crippen molar-refractivity contribution in [2.75, 3.05) is 19.6 Å². The van der Waals surface area contributed by atoms with E-state index in [-0.39, 0.29) is 5.91 Å². The molecule has 0 aromatic carbocycles. The van der Waals surface area contributed by atoms with Crippen molar-refractivity contribution < 1.29 is 4.79 Å². The zero-order valence-electron chi connectivity index (χ0n) is 9.70. The number of hydrogen-bond acceptors (Lipinski definition) is 3. The largest absolute Gasteiger partial charge is 0.369 e. The number of amides is 1. The number of nitriles is 1. The molecular weight excluding hydrogens is 190 g/mol. The lowest BCUT2D eigenvalue weighted by Gasteiger charge is -2.22. The topological polar surface area (TPSA) is 70.1 Å². The van der Waals surface area contributed by atoms with Crippen LogP contribution in [0.3, 0.4) is 0 Å². The van der Waals surface area contributed by atoms with E-state index in [2.05, 4.69) is 24.8 Å². The van der Waals surface area contributed by atoms with Gasteiger partial charge in [0.1, 0.15) is 0 Å². The molecule has 2 N–H and O–H groups in total. The standard InChI is InChI=1S/C11H21N3O/c1-10(2)8-14(9-11(13)15)7-5-3-4-6-12/h10H,3-5,7-9H2,1-2H3,(H2,13,15). The van der Waals surface area contributed by atoms with Gasteiger partial charge in [-0.1, -0.05) is 13.8 Å². The first-order chi connectivity index (χ1) is 7.06. The SMILES string of the molecule is CC(C)CN(CCCCC#N)CC(N)=O. The molecule has 0 aromatic heterocycles. The van der Waals surface area contributed by atoms with Crippen LogP contribution in [0.25, 0.3) is 0 Å². The summed E-state index contributed by atoms with van der Waals surface area (Å²) in [4.78, 5) is 12.9. The molecule has 4 nitrogen and oxygen atoms in total. The highest BCUT2D eigenvalue weighted by Gasteiger charge is 2.09. The van der Waals surface area contributed by atoms with E-state index in [9.17, 15) is 4.79 Å². The average Bonchev–Trinajstić information content (AvgIpc) is 2.10. The van der Waals surface area contributed by atoms with Gasteiger partial charge in [0, 0.05) is 13.0 Å². The molecule has 0 spiro atoms. The van der Waals surface area contributed by atoms with Gasteiger partial charge in [-0.25, -0.2) is 0 Å². The van der Waals surface area contributed by atoms with Crippen molar-refractivity contribution in [2.45, 2.75) is 33.1 Å². The zero-order chi connectivity index (χ0) is 11.7. The van der Waals surface area contributed by atoms with Gasteiger partial charge in [-0.05, 0) is 25.3 Å². The first-order valence-corrected chi connectivity index (χ1v) is 5.44. The van der Waals surface area contributed by atoms with Crippen molar-refractivity contribution in [1.82, 2.24) is 4.90 Å². The lowest BCUT2D eigenvalue weighted by molar-refractivity contribution is -0.119. The highest BCUT2D eigenvalue weighted by Crippen LogP contribution is 2.02. The Morgan fingerprint density at radius 3 is 2.60 bits per heavy atom. The first-order valence-electron chi connectivity index (χ1n) is 5.44. The van der Waals surface area contributed by atoms with Crippen molar-refractivity contribution in [2.24, 2.45) is 11.7 Å². The number of hydrogen-bond donors (Lipinski definition) is 1. The van der Waals surface area contributed by atoms with Crippen molar-refractivity contribution in [3.05, 3.63) is 0 Å². The minimum Gasteiger partial charge on any atom is -0.369 e. The summed E-state index contributed by atoms with van der Waals surface area (Å²) in [7, 11) is 0. The normalized spacial score (nSPS) is 10.6. The van der Waals surface area contributed by atoms with Crippen LogP contribution in [0.1, 0.15) is 33.1 Å². The van der Waals surface area contributed by atoms with Gasteiger partial charge in [0.25, 0.3) is 0 Å². The maximum absolute atomic E-state index is 10.8. The molecule has 15 heavy (non-hydrogen) atoms. The van der Waals surface area contributed by atoms with Gasteiger partial charge in [-0.2, -0.15) is 5.26 Å². The van der Waals surface area contributed by atoms with E-state index in [0.29, 0.717) is 18.9 Å². The summed E-state index contributed by atoms with van der Waals surface area (Å²) in [5.41, 5.74) is 5.17. The van der Waals surface area contributed by atoms with Crippen LogP contribution in [-0.4, -0.2) is 30.4 Å². The molecule has 0 heterocycles. The molecule has 0 aliphatic rings. The van der Waals surface area contributed by atoms with Crippen LogP contribution >= 0.6 is 0 Å². The van der Waals surface area contributed by atoms with Crippen LogP contribution in [-0.2, 0) is 4.79 Å². The van der Waals surface area contributed by atoms with E-state index >= 15 is 0 Å². The lowest BCUT2D eigenvalue weighted by Crippen LogP contribution is -2.36. The van der Waals surface area contributed by atoms with Gasteiger partial charge < -0.3 is 5.73 Å². The molecule has 0 bridgehead atoms. The molecule has 0 atom stereocenters. The van der Waals surface area contributed by atoms with Gasteiger partial charge in [-0.3, -0.25) is 9.69 Å². The van der Waals surface area contributed by atoms with Gasteiger partial charge in [-0.15, -0.1) is 0 Å². The third-order valence-electron chi connectivity index (χ3n) is 2.02. The molecular formula is C11H21N3O. The summed E-state index contributed by atoms with van der Waals surface area (Å²) in [5.74, 6) is 0.247. The molecule has 0 aliphatic carbocycles. The van der Waals surface area contributed by atoms with Crippen molar-refractivity contribution in [3.63, 3.8) is 0 Å². The quantitative estimate of drug-likeness (QED) is 0.612. The number of primary amides is 1. The fourth-order valence-corrected chi connectivity index (χ4v) is 1.51. The van der Waals surface area contributed by atoms with E-state index in [1.54, 1.807) is 0 Å². The number of carbonyl (C=O) groups is 1. The Kier molecular flexibility index (Phi) is 7.65. The fraction of sp³-hybridized carbons (Fsp3) is 0.818. The summed E-state index contributed by atoms with van der Waals surface area (Å²) in [6.45, 7) is 6.29. The molecule has 0 radical (unpaired) electrons. The van der Waals surface area contributed by atoms with E-state index in [0.717, 1.165) is 25.9 Å².